The van der Waals surface area contributed by atoms with Crippen molar-refractivity contribution < 1.29 is 0 Å². The predicted octanol–water partition coefficient (Wildman–Crippen LogP) is 3.31. The molecule has 15 heavy (non-hydrogen) atoms. The molecule has 2 aliphatic heterocycles. The lowest BCUT2D eigenvalue weighted by Gasteiger charge is -2.40. The highest BCUT2D eigenvalue weighted by Crippen LogP contribution is 2.41. The van der Waals surface area contributed by atoms with E-state index in [0.29, 0.717) is 0 Å². The molecular formula is C13H18N2. The summed E-state index contributed by atoms with van der Waals surface area (Å²) in [5, 5.41) is 6.38. The number of hydrogen-bond donors (Lipinski definition) is 0. The van der Waals surface area contributed by atoms with Crippen LogP contribution in [0.4, 0.5) is 0 Å². The first-order chi connectivity index (χ1) is 6.92. The maximum Gasteiger partial charge on any atom is 0.0614 e. The first-order valence-corrected chi connectivity index (χ1v) is 5.34. The van der Waals surface area contributed by atoms with E-state index in [0.717, 1.165) is 5.70 Å². The van der Waals surface area contributed by atoms with Crippen molar-refractivity contribution in [2.75, 3.05) is 0 Å². The molecule has 2 nitrogen and oxygen atoms in total. The third kappa shape index (κ3) is 1.65. The Morgan fingerprint density at radius 1 is 1.27 bits per heavy atom. The van der Waals surface area contributed by atoms with Crippen LogP contribution < -0.4 is 0 Å². The Balaban J connectivity index is 2.39. The zero-order valence-electron chi connectivity index (χ0n) is 9.86. The number of allylic oxidation sites excluding steroid dienone is 4. The van der Waals surface area contributed by atoms with Crippen LogP contribution in [0, 0.1) is 10.8 Å². The largest absolute Gasteiger partial charge is 0.242 e. The van der Waals surface area contributed by atoms with Gasteiger partial charge in [0.1, 0.15) is 0 Å². The normalized spacial score (nSPS) is 29.1. The summed E-state index contributed by atoms with van der Waals surface area (Å²) in [4.78, 5) is 0. The molecule has 2 aliphatic rings. The van der Waals surface area contributed by atoms with Crippen LogP contribution in [0.2, 0.25) is 0 Å². The van der Waals surface area contributed by atoms with E-state index in [2.05, 4.69) is 44.9 Å². The van der Waals surface area contributed by atoms with E-state index < -0.39 is 0 Å². The van der Waals surface area contributed by atoms with Crippen LogP contribution in [-0.4, -0.2) is 11.2 Å². The van der Waals surface area contributed by atoms with E-state index in [1.54, 1.807) is 0 Å². The molecule has 2 heterocycles. The highest BCUT2D eigenvalue weighted by atomic mass is 15.4. The van der Waals surface area contributed by atoms with Crippen LogP contribution >= 0.6 is 0 Å². The molecule has 80 valence electrons. The number of nitrogens with zero attached hydrogens (tertiary/aromatic N) is 2. The van der Waals surface area contributed by atoms with Gasteiger partial charge in [-0.05, 0) is 23.6 Å². The monoisotopic (exact) mass is 202 g/mol. The summed E-state index contributed by atoms with van der Waals surface area (Å²) in [6.07, 6.45) is 12.5. The van der Waals surface area contributed by atoms with Crippen LogP contribution in [0.5, 0.6) is 0 Å². The maximum absolute atomic E-state index is 4.47. The van der Waals surface area contributed by atoms with Gasteiger partial charge in [0.15, 0.2) is 0 Å². The Morgan fingerprint density at radius 2 is 2.00 bits per heavy atom. The van der Waals surface area contributed by atoms with Gasteiger partial charge in [-0.2, -0.15) is 5.10 Å². The molecular weight excluding hydrogens is 184 g/mol. The Morgan fingerprint density at radius 3 is 2.67 bits per heavy atom. The minimum Gasteiger partial charge on any atom is -0.242 e. The summed E-state index contributed by atoms with van der Waals surface area (Å²) in [5.41, 5.74) is 1.37. The third-order valence-electron chi connectivity index (χ3n) is 3.38. The molecule has 1 unspecified atom stereocenters. The molecule has 0 amide bonds. The second-order valence-corrected chi connectivity index (χ2v) is 5.39. The SMILES string of the molecule is CC(C)(C)C1(C)C=NN2C=CC=CC2=C1. The highest BCUT2D eigenvalue weighted by molar-refractivity contribution is 5.71. The van der Waals surface area contributed by atoms with E-state index in [9.17, 15) is 0 Å². The van der Waals surface area contributed by atoms with E-state index in [-0.39, 0.29) is 10.8 Å². The van der Waals surface area contributed by atoms with Crippen molar-refractivity contribution in [1.29, 1.82) is 0 Å². The molecule has 0 bridgehead atoms. The molecule has 0 spiro atoms. The molecule has 0 aromatic rings. The van der Waals surface area contributed by atoms with Crippen LogP contribution in [0.3, 0.4) is 0 Å². The lowest BCUT2D eigenvalue weighted by molar-refractivity contribution is 0.243. The topological polar surface area (TPSA) is 15.6 Å². The fourth-order valence-corrected chi connectivity index (χ4v) is 1.60. The molecule has 1 atom stereocenters. The van der Waals surface area contributed by atoms with Crippen molar-refractivity contribution in [2.24, 2.45) is 15.9 Å². The fraction of sp³-hybridized carbons (Fsp3) is 0.462. The van der Waals surface area contributed by atoms with Gasteiger partial charge in [0.2, 0.25) is 0 Å². The number of hydrogen-bond acceptors (Lipinski definition) is 2. The summed E-state index contributed by atoms with van der Waals surface area (Å²) in [7, 11) is 0. The van der Waals surface area contributed by atoms with Gasteiger partial charge < -0.3 is 0 Å². The Labute approximate surface area is 91.7 Å². The van der Waals surface area contributed by atoms with Crippen LogP contribution in [0.1, 0.15) is 27.7 Å². The minimum atomic E-state index is 0.0222. The van der Waals surface area contributed by atoms with Gasteiger partial charge in [0.25, 0.3) is 0 Å². The van der Waals surface area contributed by atoms with Crippen molar-refractivity contribution in [3.05, 3.63) is 36.2 Å². The predicted molar refractivity (Wildman–Crippen MR) is 64.3 cm³/mol. The molecule has 0 aromatic carbocycles. The van der Waals surface area contributed by atoms with Gasteiger partial charge in [0.05, 0.1) is 5.70 Å². The van der Waals surface area contributed by atoms with Crippen molar-refractivity contribution in [1.82, 2.24) is 5.01 Å². The zero-order valence-corrected chi connectivity index (χ0v) is 9.86. The molecule has 0 saturated heterocycles. The van der Waals surface area contributed by atoms with Crippen molar-refractivity contribution in [3.63, 3.8) is 0 Å². The molecule has 2 heteroatoms. The second-order valence-electron chi connectivity index (χ2n) is 5.39. The average molecular weight is 202 g/mol. The van der Waals surface area contributed by atoms with E-state index in [1.165, 1.54) is 0 Å². The Hall–Kier alpha value is -1.31. The summed E-state index contributed by atoms with van der Waals surface area (Å²) < 4.78 is 0. The van der Waals surface area contributed by atoms with Crippen LogP contribution in [-0.2, 0) is 0 Å². The van der Waals surface area contributed by atoms with Gasteiger partial charge in [-0.15, -0.1) is 0 Å². The highest BCUT2D eigenvalue weighted by Gasteiger charge is 2.37. The standard InChI is InChI=1S/C13H18N2/c1-12(2,3)13(4)9-11-7-5-6-8-15(11)14-10-13/h5-10H,1-4H3. The second kappa shape index (κ2) is 3.09. The molecule has 0 fully saturated rings. The van der Waals surface area contributed by atoms with Gasteiger partial charge in [0, 0.05) is 17.8 Å². The van der Waals surface area contributed by atoms with Crippen molar-refractivity contribution >= 4 is 6.21 Å². The third-order valence-corrected chi connectivity index (χ3v) is 3.38. The average Bonchev–Trinajstić information content (AvgIpc) is 2.16. The first kappa shape index (κ1) is 10.2. The van der Waals surface area contributed by atoms with E-state index >= 15 is 0 Å². The van der Waals surface area contributed by atoms with Gasteiger partial charge in [-0.25, -0.2) is 5.01 Å². The lowest BCUT2D eigenvalue weighted by atomic mass is 9.68. The summed E-state index contributed by atoms with van der Waals surface area (Å²) >= 11 is 0. The maximum atomic E-state index is 4.47. The van der Waals surface area contributed by atoms with Gasteiger partial charge in [-0.1, -0.05) is 33.8 Å². The smallest absolute Gasteiger partial charge is 0.0614 e. The molecule has 0 radical (unpaired) electrons. The summed E-state index contributed by atoms with van der Waals surface area (Å²) in [6, 6.07) is 0. The fourth-order valence-electron chi connectivity index (χ4n) is 1.60. The van der Waals surface area contributed by atoms with Crippen molar-refractivity contribution in [2.45, 2.75) is 27.7 Å². The van der Waals surface area contributed by atoms with Crippen LogP contribution in [0.15, 0.2) is 41.3 Å². The van der Waals surface area contributed by atoms with Crippen molar-refractivity contribution in [3.8, 4) is 0 Å². The number of rotatable bonds is 0. The minimum absolute atomic E-state index is 0.0222. The summed E-state index contributed by atoms with van der Waals surface area (Å²) in [5.74, 6) is 0. The zero-order chi connectivity index (χ0) is 11.1. The molecule has 0 saturated carbocycles. The van der Waals surface area contributed by atoms with Crippen LogP contribution in [0.25, 0.3) is 0 Å². The molecule has 0 N–H and O–H groups in total. The molecule has 0 aromatic heterocycles. The number of fused-ring (bicyclic) bond motifs is 1. The first-order valence-electron chi connectivity index (χ1n) is 5.34. The van der Waals surface area contributed by atoms with E-state index in [1.807, 2.05) is 29.6 Å². The van der Waals surface area contributed by atoms with E-state index in [4.69, 9.17) is 0 Å². The Kier molecular flexibility index (Phi) is 2.10. The molecule has 2 rings (SSSR count). The Bertz CT molecular complexity index is 380. The molecule has 0 aliphatic carbocycles. The number of hydrazone groups is 1. The van der Waals surface area contributed by atoms with Gasteiger partial charge in [-0.3, -0.25) is 0 Å². The summed E-state index contributed by atoms with van der Waals surface area (Å²) in [6.45, 7) is 8.96. The quantitative estimate of drug-likeness (QED) is 0.588. The van der Waals surface area contributed by atoms with Gasteiger partial charge >= 0.3 is 0 Å². The lowest BCUT2D eigenvalue weighted by Crippen LogP contribution is -2.36.